The van der Waals surface area contributed by atoms with E-state index >= 15 is 0 Å². The number of nitriles is 2. The number of nitro groups is 3. The second-order valence-corrected chi connectivity index (χ2v) is 26.7. The van der Waals surface area contributed by atoms with E-state index in [2.05, 4.69) is 48.8 Å². The Hall–Kier alpha value is -13.3. The number of sulfonamides is 3. The largest absolute Gasteiger partial charge is 0.399 e. The maximum atomic E-state index is 11.1. The summed E-state index contributed by atoms with van der Waals surface area (Å²) in [4.78, 5) is 65.2. The van der Waals surface area contributed by atoms with Crippen molar-refractivity contribution in [3.05, 3.63) is 282 Å². The van der Waals surface area contributed by atoms with E-state index in [9.17, 15) is 60.4 Å². The van der Waals surface area contributed by atoms with Gasteiger partial charge in [0.1, 0.15) is 29.0 Å². The molecule has 0 aliphatic carbocycles. The van der Waals surface area contributed by atoms with Crippen molar-refractivity contribution < 1.29 is 44.8 Å². The number of nitrogen functional groups attached to an aromatic ring is 1. The van der Waals surface area contributed by atoms with Crippen molar-refractivity contribution >= 4 is 123 Å². The first-order valence-corrected chi connectivity index (χ1v) is 35.2. The standard InChI is InChI=1S/C17H15N5.C16H13N5.C10H11N3O4S.C10H13N3O2S.C8H8N2O4S.C7H5NO3/c1-18-9-8-13-4-6-14(7-5-13)22(3)17-10-16-15(11-19-17)20-12-21(16)2;1-17-8-7-12-3-5-13(6-4-12)20-16-9-15-14(10-18-16)19-11-21(15)2;1-18(16,17)12-10(6-7-11)8-2-4-9(5-3-8)13(14)15;1-16(14,15)13-10(6-7-11)8-2-4-9(12)5-3-8;1-15(13,14)9-6-7-2-4-8(5-3-7)10(11)12;9-5-6-1-3-7(4-2-6)8(10)11/h4-12H,2-3H3;3-11H,2H3,(H,18,20);2-5,10,12H,6H2,1H3;2-5,10,13H,6,12H2,1H3;2-6H,1H3;1-5H/b9-8+;8-7+;;;;. The molecule has 35 heteroatoms. The molecule has 0 saturated heterocycles. The molecule has 0 spiro atoms. The van der Waals surface area contributed by atoms with E-state index in [4.69, 9.17) is 29.4 Å². The minimum Gasteiger partial charge on any atom is -0.399 e. The average Bonchev–Trinajstić information content (AvgIpc) is 1.75. The normalized spacial score (nSPS) is 11.5. The summed E-state index contributed by atoms with van der Waals surface area (Å²) in [6.45, 7) is 13.5. The van der Waals surface area contributed by atoms with Gasteiger partial charge in [-0.15, -0.1) is 0 Å². The number of nitro benzene ring substituents is 3. The third kappa shape index (κ3) is 27.9. The molecule has 0 amide bonds. The van der Waals surface area contributed by atoms with Crippen LogP contribution in [0.5, 0.6) is 0 Å². The second kappa shape index (κ2) is 38.7. The molecule has 6 aromatic carbocycles. The summed E-state index contributed by atoms with van der Waals surface area (Å²) in [5.41, 5.74) is 16.0. The van der Waals surface area contributed by atoms with Crippen molar-refractivity contribution in [2.24, 2.45) is 18.5 Å². The van der Waals surface area contributed by atoms with Crippen LogP contribution in [0.2, 0.25) is 0 Å². The smallest absolute Gasteiger partial charge is 0.269 e. The summed E-state index contributed by atoms with van der Waals surface area (Å²) in [6.07, 6.45) is 18.4. The SMILES string of the molecule is CS(=O)(=O)N=Cc1ccc([N+](=O)[O-])cc1.CS(=O)(=O)NC(CC#N)c1ccc(N)cc1.CS(=O)(=O)NC(CC#N)c1ccc([N+](=O)[O-])cc1.O=Cc1ccc([N+](=O)[O-])cc1.[C-]#[N+]/C=C/c1ccc(N(C)c2cc3c(cn2)ncn3C)cc1.[C-]#[N+]/C=C/c1ccc(Nc2cc3c(cn2)ncn3C)cc1. The van der Waals surface area contributed by atoms with Gasteiger partial charge in [0.15, 0.2) is 12.4 Å². The first-order valence-electron chi connectivity index (χ1n) is 29.6. The number of imidazole rings is 2. The summed E-state index contributed by atoms with van der Waals surface area (Å²) in [5.74, 6) is 1.64. The van der Waals surface area contributed by atoms with Gasteiger partial charge in [0.2, 0.25) is 30.1 Å². The van der Waals surface area contributed by atoms with Crippen molar-refractivity contribution in [1.29, 1.82) is 10.5 Å². The lowest BCUT2D eigenvalue weighted by molar-refractivity contribution is -0.385. The highest BCUT2D eigenvalue weighted by atomic mass is 32.2. The van der Waals surface area contributed by atoms with Gasteiger partial charge >= 0.3 is 0 Å². The van der Waals surface area contributed by atoms with Crippen molar-refractivity contribution in [3.63, 3.8) is 0 Å². The fourth-order valence-electron chi connectivity index (χ4n) is 8.54. The van der Waals surface area contributed by atoms with E-state index in [1.165, 1.54) is 85.2 Å². The topological polar surface area (TPSA) is 444 Å². The second-order valence-electron chi connectivity index (χ2n) is 21.5. The van der Waals surface area contributed by atoms with Crippen LogP contribution in [0, 0.1) is 66.1 Å². The molecule has 0 radical (unpaired) electrons. The lowest BCUT2D eigenvalue weighted by Crippen LogP contribution is -2.27. The molecule has 10 rings (SSSR count). The molecule has 0 aliphatic heterocycles. The van der Waals surface area contributed by atoms with Crippen molar-refractivity contribution in [3.8, 4) is 12.1 Å². The number of aldehydes is 1. The van der Waals surface area contributed by atoms with Crippen LogP contribution in [0.1, 0.15) is 63.1 Å². The van der Waals surface area contributed by atoms with Crippen molar-refractivity contribution in [1.82, 2.24) is 38.5 Å². The van der Waals surface area contributed by atoms with Crippen molar-refractivity contribution in [2.45, 2.75) is 24.9 Å². The molecular formula is C68H65N19O13S3. The van der Waals surface area contributed by atoms with Gasteiger partial charge in [0.05, 0.1) is 120 Å². The number of nitrogens with zero attached hydrogens (tertiary/aromatic N) is 15. The fourth-order valence-corrected chi connectivity index (χ4v) is 10.3. The molecule has 0 aliphatic rings. The minimum absolute atomic E-state index is 0.00407. The summed E-state index contributed by atoms with van der Waals surface area (Å²) >= 11 is 0. The highest BCUT2D eigenvalue weighted by molar-refractivity contribution is 7.89. The van der Waals surface area contributed by atoms with Gasteiger partial charge in [-0.3, -0.25) is 35.1 Å². The number of hydrogen-bond donors (Lipinski definition) is 4. The number of carbonyl (C=O) groups is 1. The molecule has 5 N–H and O–H groups in total. The third-order valence-corrected chi connectivity index (χ3v) is 15.5. The molecule has 4 heterocycles. The molecule has 10 aromatic rings. The zero-order valence-electron chi connectivity index (χ0n) is 55.7. The lowest BCUT2D eigenvalue weighted by atomic mass is 10.1. The van der Waals surface area contributed by atoms with E-state index in [1.54, 1.807) is 61.5 Å². The Balaban J connectivity index is 0.000000225. The first kappa shape index (κ1) is 80.4. The zero-order chi connectivity index (χ0) is 75.9. The van der Waals surface area contributed by atoms with Gasteiger partial charge in [-0.2, -0.15) is 14.9 Å². The molecule has 32 nitrogen and oxygen atoms in total. The number of rotatable bonds is 20. The maximum Gasteiger partial charge on any atom is 0.269 e. The van der Waals surface area contributed by atoms with Gasteiger partial charge < -0.3 is 25.1 Å². The lowest BCUT2D eigenvalue weighted by Gasteiger charge is -2.18. The van der Waals surface area contributed by atoms with Crippen LogP contribution in [0.4, 0.5) is 45.8 Å². The van der Waals surface area contributed by atoms with Crippen LogP contribution in [0.25, 0.3) is 43.9 Å². The highest BCUT2D eigenvalue weighted by Crippen LogP contribution is 2.27. The summed E-state index contributed by atoms with van der Waals surface area (Å²) < 4.78 is 77.8. The maximum absolute atomic E-state index is 11.1. The fraction of sp³-hybridized carbons (Fsp3) is 0.147. The van der Waals surface area contributed by atoms with E-state index in [-0.39, 0.29) is 29.9 Å². The number of aromatic nitrogens is 6. The third-order valence-electron chi connectivity index (χ3n) is 13.6. The van der Waals surface area contributed by atoms with E-state index in [0.29, 0.717) is 28.7 Å². The Morgan fingerprint density at radius 2 is 0.990 bits per heavy atom. The van der Waals surface area contributed by atoms with Crippen LogP contribution >= 0.6 is 0 Å². The van der Waals surface area contributed by atoms with Gasteiger partial charge in [0.25, 0.3) is 17.1 Å². The Kier molecular flexibility index (Phi) is 30.2. The van der Waals surface area contributed by atoms with Gasteiger partial charge in [0, 0.05) is 98.5 Å². The number of nitrogens with two attached hydrogens (primary N) is 1. The number of benzene rings is 6. The molecule has 0 fully saturated rings. The molecular weight excluding hydrogens is 1390 g/mol. The van der Waals surface area contributed by atoms with E-state index in [1.807, 2.05) is 108 Å². The van der Waals surface area contributed by atoms with E-state index < -0.39 is 56.9 Å². The van der Waals surface area contributed by atoms with Crippen LogP contribution in [0.15, 0.2) is 200 Å². The summed E-state index contributed by atoms with van der Waals surface area (Å²) in [6, 6.07) is 45.3. The van der Waals surface area contributed by atoms with Crippen LogP contribution in [-0.2, 0) is 44.2 Å². The molecule has 528 valence electrons. The number of non-ortho nitro benzene ring substituents is 3. The monoisotopic (exact) mass is 1450 g/mol. The molecule has 0 saturated carbocycles. The van der Waals surface area contributed by atoms with Gasteiger partial charge in [-0.1, -0.05) is 60.7 Å². The number of hydrogen-bond acceptors (Lipinski definition) is 22. The number of nitrogens with one attached hydrogen (secondary N) is 3. The number of aryl methyl sites for hydroxylation is 2. The minimum atomic E-state index is -3.46. The number of anilines is 5. The number of carbonyl (C=O) groups excluding carboxylic acids is 1. The summed E-state index contributed by atoms with van der Waals surface area (Å²) in [5, 5.41) is 51.4. The van der Waals surface area contributed by atoms with E-state index in [0.717, 1.165) is 86.7 Å². The quantitative estimate of drug-likeness (QED) is 0.0137. The van der Waals surface area contributed by atoms with Crippen LogP contribution in [0.3, 0.4) is 0 Å². The first-order chi connectivity index (χ1) is 48.8. The summed E-state index contributed by atoms with van der Waals surface area (Å²) in [7, 11) is -4.30. The molecule has 103 heavy (non-hydrogen) atoms. The van der Waals surface area contributed by atoms with Gasteiger partial charge in [-0.25, -0.2) is 64.3 Å². The molecule has 2 atom stereocenters. The Bertz CT molecular complexity index is 5210. The predicted molar refractivity (Wildman–Crippen MR) is 392 cm³/mol. The predicted octanol–water partition coefficient (Wildman–Crippen LogP) is 11.5. The van der Waals surface area contributed by atoms with Crippen molar-refractivity contribution in [2.75, 3.05) is 41.8 Å². The van der Waals surface area contributed by atoms with Crippen LogP contribution in [-0.4, -0.2) is 107 Å². The highest BCUT2D eigenvalue weighted by Gasteiger charge is 2.18. The molecule has 4 aromatic heterocycles. The Morgan fingerprint density at radius 3 is 1.40 bits per heavy atom. The average molecular weight is 1450 g/mol. The zero-order valence-corrected chi connectivity index (χ0v) is 58.1. The molecule has 0 bridgehead atoms. The van der Waals surface area contributed by atoms with Gasteiger partial charge in [-0.05, 0) is 88.5 Å². The Labute approximate surface area is 592 Å². The Morgan fingerprint density at radius 1 is 0.592 bits per heavy atom. The van der Waals surface area contributed by atoms with Crippen LogP contribution < -0.4 is 25.4 Å². The molecule has 2 unspecified atom stereocenters. The number of pyridine rings is 2. The number of fused-ring (bicyclic) bond motifs is 2.